The summed E-state index contributed by atoms with van der Waals surface area (Å²) in [5.41, 5.74) is 8.96. The van der Waals surface area contributed by atoms with Crippen molar-refractivity contribution in [1.29, 1.82) is 0 Å². The Morgan fingerprint density at radius 3 is 2.74 bits per heavy atom. The highest BCUT2D eigenvalue weighted by molar-refractivity contribution is 7.15. The van der Waals surface area contributed by atoms with Crippen LogP contribution in [-0.2, 0) is 12.8 Å². The summed E-state index contributed by atoms with van der Waals surface area (Å²) in [6, 6.07) is 3.52. The third kappa shape index (κ3) is 2.66. The molecule has 0 spiro atoms. The first-order valence-corrected chi connectivity index (χ1v) is 8.40. The number of rotatable bonds is 3. The molecule has 1 aliphatic heterocycles. The molecule has 0 bridgehead atoms. The van der Waals surface area contributed by atoms with Crippen molar-refractivity contribution in [3.05, 3.63) is 58.5 Å². The molecule has 6 heteroatoms. The first-order chi connectivity index (χ1) is 11.2. The molecule has 116 valence electrons. The number of allylic oxidation sites excluding steroid dienone is 3. The standard InChI is InChI=1S/C17H16N4OS/c18-16(22)14-5-4-11(10-19-14)17-20-13-6-8-21(12-2-1-3-12)9-7-15(13)23-17/h1-5,10H,6-9H2,(H2,18,22). The second-order valence-electron chi connectivity index (χ2n) is 5.62. The lowest BCUT2D eigenvalue weighted by Crippen LogP contribution is -2.26. The van der Waals surface area contributed by atoms with Crippen LogP contribution in [0.4, 0.5) is 0 Å². The molecule has 4 rings (SSSR count). The second kappa shape index (κ2) is 5.62. The van der Waals surface area contributed by atoms with Crippen LogP contribution in [0.3, 0.4) is 0 Å². The van der Waals surface area contributed by atoms with Crippen LogP contribution in [-0.4, -0.2) is 33.9 Å². The molecule has 0 saturated heterocycles. The predicted octanol–water partition coefficient (Wildman–Crippen LogP) is 2.16. The van der Waals surface area contributed by atoms with Crippen LogP contribution < -0.4 is 5.73 Å². The summed E-state index contributed by atoms with van der Waals surface area (Å²) >= 11 is 1.72. The summed E-state index contributed by atoms with van der Waals surface area (Å²) in [7, 11) is 0. The van der Waals surface area contributed by atoms with Crippen molar-refractivity contribution in [3.63, 3.8) is 0 Å². The van der Waals surface area contributed by atoms with Gasteiger partial charge in [-0.15, -0.1) is 11.3 Å². The number of amides is 1. The van der Waals surface area contributed by atoms with Gasteiger partial charge in [-0.05, 0) is 24.3 Å². The van der Waals surface area contributed by atoms with Crippen LogP contribution in [0.2, 0.25) is 0 Å². The number of aromatic nitrogens is 2. The Hall–Kier alpha value is -2.47. The maximum Gasteiger partial charge on any atom is 0.267 e. The molecule has 1 amide bonds. The zero-order chi connectivity index (χ0) is 15.8. The molecule has 0 saturated carbocycles. The summed E-state index contributed by atoms with van der Waals surface area (Å²) < 4.78 is 0. The molecule has 23 heavy (non-hydrogen) atoms. The van der Waals surface area contributed by atoms with Gasteiger partial charge in [-0.2, -0.15) is 0 Å². The Morgan fingerprint density at radius 2 is 2.09 bits per heavy atom. The van der Waals surface area contributed by atoms with Gasteiger partial charge < -0.3 is 10.6 Å². The first kappa shape index (κ1) is 14.1. The Balaban J connectivity index is 1.54. The molecule has 0 unspecified atom stereocenters. The van der Waals surface area contributed by atoms with Crippen molar-refractivity contribution >= 4 is 17.2 Å². The molecule has 0 aromatic carbocycles. The maximum atomic E-state index is 11.1. The molecular weight excluding hydrogens is 308 g/mol. The van der Waals surface area contributed by atoms with E-state index in [1.807, 2.05) is 6.07 Å². The SMILES string of the molecule is NC(=O)c1ccc(-c2nc3c(s2)CCN(C2=CC=C2)CC3)cn1. The van der Waals surface area contributed by atoms with Gasteiger partial charge in [-0.25, -0.2) is 4.98 Å². The lowest BCUT2D eigenvalue weighted by atomic mass is 10.2. The largest absolute Gasteiger partial charge is 0.371 e. The summed E-state index contributed by atoms with van der Waals surface area (Å²) in [5, 5.41) is 0.967. The van der Waals surface area contributed by atoms with Crippen molar-refractivity contribution < 1.29 is 4.79 Å². The van der Waals surface area contributed by atoms with Crippen LogP contribution in [0.5, 0.6) is 0 Å². The minimum atomic E-state index is -0.508. The third-order valence-corrected chi connectivity index (χ3v) is 5.37. The van der Waals surface area contributed by atoms with Gasteiger partial charge in [-0.1, -0.05) is 6.08 Å². The minimum absolute atomic E-state index is 0.282. The van der Waals surface area contributed by atoms with Crippen molar-refractivity contribution in [1.82, 2.24) is 14.9 Å². The molecule has 5 nitrogen and oxygen atoms in total. The van der Waals surface area contributed by atoms with E-state index in [9.17, 15) is 4.79 Å². The van der Waals surface area contributed by atoms with Gasteiger partial charge >= 0.3 is 0 Å². The number of hydrogen-bond donors (Lipinski definition) is 1. The van der Waals surface area contributed by atoms with Crippen molar-refractivity contribution in [2.24, 2.45) is 5.73 Å². The Morgan fingerprint density at radius 1 is 1.26 bits per heavy atom. The van der Waals surface area contributed by atoms with Crippen LogP contribution in [0.1, 0.15) is 21.1 Å². The van der Waals surface area contributed by atoms with Gasteiger partial charge in [-0.3, -0.25) is 9.78 Å². The van der Waals surface area contributed by atoms with Gasteiger partial charge in [0.1, 0.15) is 10.7 Å². The van der Waals surface area contributed by atoms with Gasteiger partial charge in [0.05, 0.1) is 5.69 Å². The number of carbonyl (C=O) groups excluding carboxylic acids is 1. The lowest BCUT2D eigenvalue weighted by Gasteiger charge is -2.26. The maximum absolute atomic E-state index is 11.1. The summed E-state index contributed by atoms with van der Waals surface area (Å²) in [6.45, 7) is 2.04. The fourth-order valence-corrected chi connectivity index (χ4v) is 3.89. The van der Waals surface area contributed by atoms with Crippen LogP contribution in [0.15, 0.2) is 42.3 Å². The third-order valence-electron chi connectivity index (χ3n) is 4.17. The number of nitrogens with zero attached hydrogens (tertiary/aromatic N) is 3. The molecule has 2 aliphatic rings. The van der Waals surface area contributed by atoms with Crippen molar-refractivity contribution in [2.75, 3.05) is 13.1 Å². The number of primary amides is 1. The smallest absolute Gasteiger partial charge is 0.267 e. The van der Waals surface area contributed by atoms with E-state index in [2.05, 4.69) is 28.1 Å². The van der Waals surface area contributed by atoms with E-state index in [1.54, 1.807) is 23.6 Å². The van der Waals surface area contributed by atoms with E-state index in [0.717, 1.165) is 36.5 Å². The number of pyridine rings is 1. The number of carbonyl (C=O) groups is 1. The van der Waals surface area contributed by atoms with Crippen LogP contribution in [0, 0.1) is 0 Å². The monoisotopic (exact) mass is 324 g/mol. The fourth-order valence-electron chi connectivity index (χ4n) is 2.80. The van der Waals surface area contributed by atoms with Gasteiger partial charge in [0.15, 0.2) is 0 Å². The Kier molecular flexibility index (Phi) is 3.46. The van der Waals surface area contributed by atoms with Crippen LogP contribution >= 0.6 is 11.3 Å². The molecular formula is C17H16N4OS. The quantitative estimate of drug-likeness (QED) is 0.939. The van der Waals surface area contributed by atoms with E-state index < -0.39 is 5.91 Å². The molecule has 0 fully saturated rings. The fraction of sp³-hybridized carbons (Fsp3) is 0.235. The topological polar surface area (TPSA) is 72.1 Å². The lowest BCUT2D eigenvalue weighted by molar-refractivity contribution is 0.0995. The predicted molar refractivity (Wildman–Crippen MR) is 90.1 cm³/mol. The highest BCUT2D eigenvalue weighted by Crippen LogP contribution is 2.31. The minimum Gasteiger partial charge on any atom is -0.371 e. The molecule has 1 aliphatic carbocycles. The van der Waals surface area contributed by atoms with Gasteiger partial charge in [0, 0.05) is 48.3 Å². The summed E-state index contributed by atoms with van der Waals surface area (Å²) in [5.74, 6) is -0.508. The number of fused-ring (bicyclic) bond motifs is 1. The highest BCUT2D eigenvalue weighted by atomic mass is 32.1. The average molecular weight is 324 g/mol. The summed E-state index contributed by atoms with van der Waals surface area (Å²) in [6.07, 6.45) is 10.0. The molecule has 2 aromatic rings. The summed E-state index contributed by atoms with van der Waals surface area (Å²) in [4.78, 5) is 23.8. The van der Waals surface area contributed by atoms with Gasteiger partial charge in [0.25, 0.3) is 5.91 Å². The zero-order valence-corrected chi connectivity index (χ0v) is 13.3. The highest BCUT2D eigenvalue weighted by Gasteiger charge is 2.20. The van der Waals surface area contributed by atoms with E-state index in [4.69, 9.17) is 10.7 Å². The van der Waals surface area contributed by atoms with E-state index >= 15 is 0 Å². The number of hydrogen-bond acceptors (Lipinski definition) is 5. The molecule has 0 radical (unpaired) electrons. The average Bonchev–Trinajstić information content (AvgIpc) is 2.82. The van der Waals surface area contributed by atoms with Crippen molar-refractivity contribution in [2.45, 2.75) is 12.8 Å². The van der Waals surface area contributed by atoms with E-state index in [1.165, 1.54) is 16.3 Å². The Bertz CT molecular complexity index is 794. The van der Waals surface area contributed by atoms with Crippen LogP contribution in [0.25, 0.3) is 10.6 Å². The molecule has 3 heterocycles. The molecule has 0 atom stereocenters. The number of nitrogens with two attached hydrogens (primary N) is 1. The second-order valence-corrected chi connectivity index (χ2v) is 6.71. The van der Waals surface area contributed by atoms with Crippen molar-refractivity contribution in [3.8, 4) is 10.6 Å². The Labute approximate surface area is 138 Å². The van der Waals surface area contributed by atoms with E-state index in [0.29, 0.717) is 0 Å². The molecule has 2 aromatic heterocycles. The molecule has 2 N–H and O–H groups in total. The zero-order valence-electron chi connectivity index (χ0n) is 12.5. The normalized spacial score (nSPS) is 16.3. The number of thiazole rings is 1. The van der Waals surface area contributed by atoms with Gasteiger partial charge in [0.2, 0.25) is 0 Å². The van der Waals surface area contributed by atoms with E-state index in [-0.39, 0.29) is 5.69 Å². The first-order valence-electron chi connectivity index (χ1n) is 7.59.